The van der Waals surface area contributed by atoms with E-state index < -0.39 is 0 Å². The molecular weight excluding hydrogens is 204 g/mol. The summed E-state index contributed by atoms with van der Waals surface area (Å²) in [5.41, 5.74) is 4.53. The highest BCUT2D eigenvalue weighted by Crippen LogP contribution is 2.73. The van der Waals surface area contributed by atoms with Crippen molar-refractivity contribution in [1.29, 1.82) is 0 Å². The average Bonchev–Trinajstić information content (AvgIpc) is 3.14. The highest BCUT2D eigenvalue weighted by atomic mass is 14.7. The van der Waals surface area contributed by atoms with Gasteiger partial charge in [-0.25, -0.2) is 0 Å². The highest BCUT2D eigenvalue weighted by Gasteiger charge is 2.64. The van der Waals surface area contributed by atoms with Crippen LogP contribution in [0.3, 0.4) is 0 Å². The van der Waals surface area contributed by atoms with Crippen molar-refractivity contribution in [2.45, 2.75) is 52.9 Å². The molecule has 0 heterocycles. The van der Waals surface area contributed by atoms with Gasteiger partial charge in [0.25, 0.3) is 0 Å². The van der Waals surface area contributed by atoms with Crippen molar-refractivity contribution in [3.05, 3.63) is 11.1 Å². The van der Waals surface area contributed by atoms with Crippen LogP contribution in [0.15, 0.2) is 11.1 Å². The summed E-state index contributed by atoms with van der Waals surface area (Å²) < 4.78 is 0. The van der Waals surface area contributed by atoms with Gasteiger partial charge in [0.05, 0.1) is 5.41 Å². The lowest BCUT2D eigenvalue weighted by atomic mass is 9.77. The zero-order chi connectivity index (χ0) is 11.8. The Morgan fingerprint density at radius 2 is 1.94 bits per heavy atom. The largest absolute Gasteiger partial charge is 0.102 e. The Balaban J connectivity index is 1.84. The van der Waals surface area contributed by atoms with Gasteiger partial charge >= 0.3 is 0 Å². The number of rotatable bonds is 1. The summed E-state index contributed by atoms with van der Waals surface area (Å²) in [5.74, 6) is 9.71. The molecule has 90 valence electrons. The molecular formula is C17H22. The third-order valence-corrected chi connectivity index (χ3v) is 6.02. The van der Waals surface area contributed by atoms with E-state index in [-0.39, 0.29) is 0 Å². The lowest BCUT2D eigenvalue weighted by molar-refractivity contribution is 0.446. The number of allylic oxidation sites excluding steroid dienone is 2. The van der Waals surface area contributed by atoms with Crippen molar-refractivity contribution in [1.82, 2.24) is 0 Å². The molecule has 0 N–H and O–H groups in total. The Bertz CT molecular complexity index is 482. The first-order chi connectivity index (χ1) is 8.07. The second-order valence-electron chi connectivity index (χ2n) is 7.29. The van der Waals surface area contributed by atoms with Crippen LogP contribution in [0.4, 0.5) is 0 Å². The van der Waals surface area contributed by atoms with E-state index in [0.29, 0.717) is 10.8 Å². The topological polar surface area (TPSA) is 0 Å². The predicted molar refractivity (Wildman–Crippen MR) is 70.2 cm³/mol. The van der Waals surface area contributed by atoms with E-state index in [4.69, 9.17) is 0 Å². The third-order valence-electron chi connectivity index (χ3n) is 6.02. The van der Waals surface area contributed by atoms with E-state index in [9.17, 15) is 0 Å². The normalized spacial score (nSPS) is 48.8. The van der Waals surface area contributed by atoms with Crippen LogP contribution in [0.25, 0.3) is 0 Å². The molecule has 0 heteroatoms. The van der Waals surface area contributed by atoms with Gasteiger partial charge in [-0.2, -0.15) is 0 Å². The summed E-state index contributed by atoms with van der Waals surface area (Å²) in [5, 5.41) is 0. The van der Waals surface area contributed by atoms with Gasteiger partial charge in [0.2, 0.25) is 0 Å². The first-order valence-electron chi connectivity index (χ1n) is 7.32. The van der Waals surface area contributed by atoms with Crippen molar-refractivity contribution in [2.75, 3.05) is 0 Å². The molecule has 0 aromatic heterocycles. The van der Waals surface area contributed by atoms with Crippen molar-refractivity contribution in [3.8, 4) is 11.8 Å². The molecule has 0 aromatic rings. The molecule has 0 amide bonds. The van der Waals surface area contributed by atoms with Gasteiger partial charge in [-0.1, -0.05) is 32.3 Å². The molecule has 0 spiro atoms. The van der Waals surface area contributed by atoms with Crippen molar-refractivity contribution in [2.24, 2.45) is 28.6 Å². The summed E-state index contributed by atoms with van der Waals surface area (Å²) in [4.78, 5) is 0. The second kappa shape index (κ2) is 2.82. The zero-order valence-electron chi connectivity index (χ0n) is 11.3. The van der Waals surface area contributed by atoms with E-state index in [1.54, 1.807) is 0 Å². The summed E-state index contributed by atoms with van der Waals surface area (Å²) in [6.45, 7) is 7.36. The second-order valence-corrected chi connectivity index (χ2v) is 7.29. The van der Waals surface area contributed by atoms with E-state index in [0.717, 1.165) is 24.2 Å². The Morgan fingerprint density at radius 3 is 2.71 bits per heavy atom. The molecule has 0 aliphatic heterocycles. The Hall–Kier alpha value is -0.700. The Kier molecular flexibility index (Phi) is 1.70. The number of fused-ring (bicyclic) bond motifs is 2. The molecule has 4 rings (SSSR count). The van der Waals surface area contributed by atoms with E-state index in [1.807, 2.05) is 11.1 Å². The molecule has 2 fully saturated rings. The van der Waals surface area contributed by atoms with E-state index in [1.165, 1.54) is 25.7 Å². The zero-order valence-corrected chi connectivity index (χ0v) is 11.3. The minimum Gasteiger partial charge on any atom is -0.102 e. The molecule has 0 nitrogen and oxygen atoms in total. The predicted octanol–water partition coefficient (Wildman–Crippen LogP) is 4.17. The molecule has 4 aliphatic rings. The maximum Gasteiger partial charge on any atom is 0.0560 e. The van der Waals surface area contributed by atoms with Crippen molar-refractivity contribution in [3.63, 3.8) is 0 Å². The number of hydrogen-bond acceptors (Lipinski definition) is 0. The third kappa shape index (κ3) is 1.11. The van der Waals surface area contributed by atoms with E-state index >= 15 is 0 Å². The quantitative estimate of drug-likeness (QED) is 0.465. The molecule has 0 radical (unpaired) electrons. The molecule has 0 bridgehead atoms. The van der Waals surface area contributed by atoms with Gasteiger partial charge in [0, 0.05) is 6.42 Å². The summed E-state index contributed by atoms with van der Waals surface area (Å²) in [6, 6.07) is 0. The standard InChI is InChI=1S/C17H22/c1-11-7-8-13-15(16(13,2)3)14(11)17-9-5-4-6-12(17)10-17/h11-13H,4,6-8,10H2,1-3H3. The number of hydrogen-bond donors (Lipinski definition) is 0. The fraction of sp³-hybridized carbons (Fsp3) is 0.765. The average molecular weight is 226 g/mol. The molecule has 0 saturated heterocycles. The molecule has 4 atom stereocenters. The molecule has 4 aliphatic carbocycles. The van der Waals surface area contributed by atoms with Crippen LogP contribution in [0, 0.1) is 40.4 Å². The maximum atomic E-state index is 3.66. The molecule has 4 unspecified atom stereocenters. The Labute approximate surface area is 105 Å². The van der Waals surface area contributed by atoms with Crippen LogP contribution < -0.4 is 0 Å². The lowest BCUT2D eigenvalue weighted by Gasteiger charge is -2.27. The smallest absolute Gasteiger partial charge is 0.0560 e. The fourth-order valence-corrected chi connectivity index (χ4v) is 4.88. The maximum absolute atomic E-state index is 3.66. The highest BCUT2D eigenvalue weighted by molar-refractivity contribution is 5.53. The van der Waals surface area contributed by atoms with Crippen LogP contribution in [0.5, 0.6) is 0 Å². The monoisotopic (exact) mass is 226 g/mol. The SMILES string of the molecule is CC1CCC2C(=C1C13C#CCCC1C3)C2(C)C. The van der Waals surface area contributed by atoms with Gasteiger partial charge in [0.15, 0.2) is 0 Å². The minimum absolute atomic E-state index is 0.374. The van der Waals surface area contributed by atoms with Gasteiger partial charge in [-0.15, -0.1) is 5.92 Å². The molecule has 17 heavy (non-hydrogen) atoms. The van der Waals surface area contributed by atoms with Crippen molar-refractivity contribution < 1.29 is 0 Å². The Morgan fingerprint density at radius 1 is 1.12 bits per heavy atom. The van der Waals surface area contributed by atoms with Gasteiger partial charge < -0.3 is 0 Å². The fourth-order valence-electron chi connectivity index (χ4n) is 4.88. The van der Waals surface area contributed by atoms with Crippen LogP contribution in [-0.4, -0.2) is 0 Å². The van der Waals surface area contributed by atoms with Gasteiger partial charge in [0.1, 0.15) is 0 Å². The first kappa shape index (κ1) is 10.2. The van der Waals surface area contributed by atoms with Crippen LogP contribution in [0.2, 0.25) is 0 Å². The van der Waals surface area contributed by atoms with Crippen LogP contribution >= 0.6 is 0 Å². The van der Waals surface area contributed by atoms with Gasteiger partial charge in [-0.05, 0) is 54.4 Å². The summed E-state index contributed by atoms with van der Waals surface area (Å²) >= 11 is 0. The summed E-state index contributed by atoms with van der Waals surface area (Å²) in [6.07, 6.45) is 6.73. The minimum atomic E-state index is 0.374. The van der Waals surface area contributed by atoms with Crippen LogP contribution in [-0.2, 0) is 0 Å². The van der Waals surface area contributed by atoms with Crippen LogP contribution in [0.1, 0.15) is 52.9 Å². The first-order valence-corrected chi connectivity index (χ1v) is 7.32. The molecule has 2 saturated carbocycles. The van der Waals surface area contributed by atoms with E-state index in [2.05, 4.69) is 32.6 Å². The summed E-state index contributed by atoms with van der Waals surface area (Å²) in [7, 11) is 0. The van der Waals surface area contributed by atoms with Crippen molar-refractivity contribution >= 4 is 0 Å². The lowest BCUT2D eigenvalue weighted by Crippen LogP contribution is -2.17. The van der Waals surface area contributed by atoms with Gasteiger partial charge in [-0.3, -0.25) is 0 Å². The molecule has 0 aromatic carbocycles.